The number of hydrogen-bond acceptors (Lipinski definition) is 6. The Morgan fingerprint density at radius 2 is 2.00 bits per heavy atom. The molecule has 0 aromatic carbocycles. The minimum atomic E-state index is 0.392. The van der Waals surface area contributed by atoms with Crippen molar-refractivity contribution in [1.82, 2.24) is 9.97 Å². The molecule has 0 saturated carbocycles. The molecule has 0 aliphatic heterocycles. The van der Waals surface area contributed by atoms with Gasteiger partial charge in [-0.3, -0.25) is 5.43 Å². The average molecular weight is 235 g/mol. The summed E-state index contributed by atoms with van der Waals surface area (Å²) < 4.78 is 0. The molecule has 6 heteroatoms. The number of nitrogen functional groups attached to an aromatic ring is 2. The quantitative estimate of drug-likeness (QED) is 0.514. The summed E-state index contributed by atoms with van der Waals surface area (Å²) in [5.41, 5.74) is 9.76. The lowest BCUT2D eigenvalue weighted by Gasteiger charge is -2.10. The molecule has 0 spiro atoms. The number of nitrogens with two attached hydrogens (primary N) is 2. The van der Waals surface area contributed by atoms with E-state index < -0.39 is 0 Å². The van der Waals surface area contributed by atoms with Crippen LogP contribution in [-0.2, 0) is 12.8 Å². The van der Waals surface area contributed by atoms with Crippen molar-refractivity contribution in [2.45, 2.75) is 25.7 Å². The lowest BCUT2D eigenvalue weighted by molar-refractivity contribution is 0.700. The molecule has 3 rings (SSSR count). The summed E-state index contributed by atoms with van der Waals surface area (Å²) in [6, 6.07) is 0. The van der Waals surface area contributed by atoms with Crippen LogP contribution in [0.1, 0.15) is 23.3 Å². The molecule has 2 heterocycles. The van der Waals surface area contributed by atoms with E-state index in [-0.39, 0.29) is 0 Å². The second-order valence-electron chi connectivity index (χ2n) is 3.97. The van der Waals surface area contributed by atoms with E-state index in [1.165, 1.54) is 23.3 Å². The molecule has 0 unspecified atom stereocenters. The fourth-order valence-corrected chi connectivity index (χ4v) is 3.52. The Balaban J connectivity index is 2.30. The zero-order valence-corrected chi connectivity index (χ0v) is 9.60. The van der Waals surface area contributed by atoms with E-state index in [4.69, 9.17) is 11.6 Å². The third kappa shape index (κ3) is 1.34. The van der Waals surface area contributed by atoms with E-state index in [1.807, 2.05) is 0 Å². The molecule has 0 saturated heterocycles. The van der Waals surface area contributed by atoms with Crippen molar-refractivity contribution in [1.29, 1.82) is 0 Å². The third-order valence-electron chi connectivity index (χ3n) is 2.97. The maximum absolute atomic E-state index is 5.96. The first-order chi connectivity index (χ1) is 7.79. The molecular formula is C10H13N5S. The monoisotopic (exact) mass is 235 g/mol. The summed E-state index contributed by atoms with van der Waals surface area (Å²) >= 11 is 1.72. The van der Waals surface area contributed by atoms with Gasteiger partial charge >= 0.3 is 0 Å². The predicted octanol–water partition coefficient (Wildman–Crippen LogP) is 1.44. The van der Waals surface area contributed by atoms with Crippen LogP contribution in [0.3, 0.4) is 0 Å². The van der Waals surface area contributed by atoms with Crippen LogP contribution in [0.25, 0.3) is 10.2 Å². The predicted molar refractivity (Wildman–Crippen MR) is 66.3 cm³/mol. The third-order valence-corrected chi connectivity index (χ3v) is 4.16. The first-order valence-corrected chi connectivity index (χ1v) is 6.15. The minimum absolute atomic E-state index is 0.392. The molecule has 2 aromatic heterocycles. The summed E-state index contributed by atoms with van der Waals surface area (Å²) in [7, 11) is 0. The van der Waals surface area contributed by atoms with Gasteiger partial charge in [0.05, 0.1) is 5.39 Å². The molecule has 84 valence electrons. The maximum atomic E-state index is 5.96. The molecule has 2 aromatic rings. The van der Waals surface area contributed by atoms with Gasteiger partial charge in [0.15, 0.2) is 0 Å². The summed E-state index contributed by atoms with van der Waals surface area (Å²) in [5, 5.41) is 1.04. The number of fused-ring (bicyclic) bond motifs is 3. The Labute approximate surface area is 96.8 Å². The van der Waals surface area contributed by atoms with Crippen LogP contribution in [0.4, 0.5) is 11.8 Å². The first-order valence-electron chi connectivity index (χ1n) is 5.34. The van der Waals surface area contributed by atoms with E-state index in [1.54, 1.807) is 11.3 Å². The van der Waals surface area contributed by atoms with Crippen molar-refractivity contribution in [3.63, 3.8) is 0 Å². The Morgan fingerprint density at radius 3 is 2.81 bits per heavy atom. The lowest BCUT2D eigenvalue weighted by atomic mass is 9.97. The molecule has 0 fully saturated rings. The van der Waals surface area contributed by atoms with E-state index in [9.17, 15) is 0 Å². The first kappa shape index (κ1) is 9.80. The Bertz CT molecular complexity index is 548. The SMILES string of the molecule is NNc1nc(N)c2c3c(sc2n1)CCCC3. The highest BCUT2D eigenvalue weighted by atomic mass is 32.1. The molecule has 0 amide bonds. The second kappa shape index (κ2) is 3.57. The van der Waals surface area contributed by atoms with E-state index in [0.717, 1.165) is 23.1 Å². The number of hydrazine groups is 1. The summed E-state index contributed by atoms with van der Waals surface area (Å²) in [6.45, 7) is 0. The van der Waals surface area contributed by atoms with Crippen LogP contribution in [0.15, 0.2) is 0 Å². The smallest absolute Gasteiger partial charge is 0.240 e. The molecule has 0 bridgehead atoms. The van der Waals surface area contributed by atoms with E-state index in [0.29, 0.717) is 11.8 Å². The Hall–Kier alpha value is -1.40. The molecule has 1 aliphatic carbocycles. The van der Waals surface area contributed by atoms with Gasteiger partial charge in [-0.15, -0.1) is 11.3 Å². The number of aromatic nitrogens is 2. The topological polar surface area (TPSA) is 89.8 Å². The highest BCUT2D eigenvalue weighted by Crippen LogP contribution is 2.37. The van der Waals surface area contributed by atoms with Crippen molar-refractivity contribution in [3.05, 3.63) is 10.4 Å². The van der Waals surface area contributed by atoms with Crippen LogP contribution >= 0.6 is 11.3 Å². The van der Waals surface area contributed by atoms with Gasteiger partial charge in [0.25, 0.3) is 0 Å². The highest BCUT2D eigenvalue weighted by Gasteiger charge is 2.19. The minimum Gasteiger partial charge on any atom is -0.383 e. The molecule has 16 heavy (non-hydrogen) atoms. The van der Waals surface area contributed by atoms with Gasteiger partial charge in [-0.1, -0.05) is 0 Å². The summed E-state index contributed by atoms with van der Waals surface area (Å²) in [6.07, 6.45) is 4.73. The maximum Gasteiger partial charge on any atom is 0.240 e. The zero-order chi connectivity index (χ0) is 11.1. The number of aryl methyl sites for hydroxylation is 2. The molecule has 1 aliphatic rings. The fraction of sp³-hybridized carbons (Fsp3) is 0.400. The molecule has 0 radical (unpaired) electrons. The van der Waals surface area contributed by atoms with Gasteiger partial charge in [0.1, 0.15) is 10.6 Å². The van der Waals surface area contributed by atoms with Crippen molar-refractivity contribution < 1.29 is 0 Å². The normalized spacial score (nSPS) is 15.1. The number of thiophene rings is 1. The number of hydrogen-bond donors (Lipinski definition) is 3. The van der Waals surface area contributed by atoms with Crippen molar-refractivity contribution in [3.8, 4) is 0 Å². The Morgan fingerprint density at radius 1 is 1.19 bits per heavy atom. The van der Waals surface area contributed by atoms with Crippen LogP contribution in [0, 0.1) is 0 Å². The Kier molecular flexibility index (Phi) is 2.19. The van der Waals surface area contributed by atoms with Gasteiger partial charge in [0.2, 0.25) is 5.95 Å². The number of nitrogens with one attached hydrogen (secondary N) is 1. The van der Waals surface area contributed by atoms with E-state index in [2.05, 4.69) is 15.4 Å². The van der Waals surface area contributed by atoms with Gasteiger partial charge in [-0.05, 0) is 31.2 Å². The van der Waals surface area contributed by atoms with Crippen LogP contribution in [0.2, 0.25) is 0 Å². The molecule has 0 atom stereocenters. The standard InChI is InChI=1S/C10H13N5S/c11-8-7-5-3-1-2-4-6(5)16-9(7)14-10(13-8)15-12/h1-4,12H2,(H3,11,13,14,15). The van der Waals surface area contributed by atoms with Gasteiger partial charge < -0.3 is 5.73 Å². The van der Waals surface area contributed by atoms with Gasteiger partial charge in [-0.2, -0.15) is 4.98 Å². The molecule has 5 N–H and O–H groups in total. The van der Waals surface area contributed by atoms with Crippen molar-refractivity contribution in [2.24, 2.45) is 5.84 Å². The van der Waals surface area contributed by atoms with Crippen molar-refractivity contribution in [2.75, 3.05) is 11.2 Å². The second-order valence-corrected chi connectivity index (χ2v) is 5.05. The van der Waals surface area contributed by atoms with Crippen molar-refractivity contribution >= 4 is 33.3 Å². The number of rotatable bonds is 1. The zero-order valence-electron chi connectivity index (χ0n) is 8.79. The van der Waals surface area contributed by atoms with Gasteiger partial charge in [0, 0.05) is 4.88 Å². The molecule has 5 nitrogen and oxygen atoms in total. The number of anilines is 2. The van der Waals surface area contributed by atoms with Crippen LogP contribution in [0.5, 0.6) is 0 Å². The van der Waals surface area contributed by atoms with Crippen LogP contribution < -0.4 is 17.0 Å². The molecular weight excluding hydrogens is 222 g/mol. The lowest BCUT2D eigenvalue weighted by Crippen LogP contribution is -2.11. The fourth-order valence-electron chi connectivity index (χ4n) is 2.25. The average Bonchev–Trinajstić information content (AvgIpc) is 2.67. The van der Waals surface area contributed by atoms with Crippen LogP contribution in [-0.4, -0.2) is 9.97 Å². The summed E-state index contributed by atoms with van der Waals surface area (Å²) in [4.78, 5) is 10.9. The van der Waals surface area contributed by atoms with Gasteiger partial charge in [-0.25, -0.2) is 10.8 Å². The number of nitrogens with zero attached hydrogens (tertiary/aromatic N) is 2. The highest BCUT2D eigenvalue weighted by molar-refractivity contribution is 7.19. The summed E-state index contributed by atoms with van der Waals surface area (Å²) in [5.74, 6) is 6.24. The van der Waals surface area contributed by atoms with E-state index >= 15 is 0 Å². The largest absolute Gasteiger partial charge is 0.383 e.